The van der Waals surface area contributed by atoms with E-state index in [0.717, 1.165) is 17.7 Å². The number of benzene rings is 1. The summed E-state index contributed by atoms with van der Waals surface area (Å²) in [6.07, 6.45) is 3.36. The van der Waals surface area contributed by atoms with Crippen LogP contribution in [-0.4, -0.2) is 56.2 Å². The summed E-state index contributed by atoms with van der Waals surface area (Å²) < 4.78 is 13.2. The van der Waals surface area contributed by atoms with Crippen LogP contribution in [-0.2, 0) is 11.3 Å². The minimum atomic E-state index is -0.515. The molecule has 4 atom stereocenters. The number of fused-ring (bicyclic) bond motifs is 1. The van der Waals surface area contributed by atoms with E-state index < -0.39 is 6.10 Å². The molecule has 9 nitrogen and oxygen atoms in total. The summed E-state index contributed by atoms with van der Waals surface area (Å²) in [4.78, 5) is 12.7. The van der Waals surface area contributed by atoms with E-state index >= 15 is 0 Å². The summed E-state index contributed by atoms with van der Waals surface area (Å²) in [5.74, 6) is 1.18. The number of aromatic nitrogens is 4. The lowest BCUT2D eigenvalue weighted by molar-refractivity contribution is -0.0375. The Kier molecular flexibility index (Phi) is 5.59. The van der Waals surface area contributed by atoms with Crippen LogP contribution in [0, 0.1) is 11.3 Å². The van der Waals surface area contributed by atoms with Gasteiger partial charge in [0.05, 0.1) is 32.7 Å². The van der Waals surface area contributed by atoms with Gasteiger partial charge in [-0.1, -0.05) is 19.1 Å². The van der Waals surface area contributed by atoms with Crippen LogP contribution < -0.4 is 10.5 Å². The van der Waals surface area contributed by atoms with Gasteiger partial charge in [-0.15, -0.1) is 0 Å². The molecule has 3 aromatic rings. The van der Waals surface area contributed by atoms with Gasteiger partial charge in [-0.05, 0) is 35.4 Å². The Bertz CT molecular complexity index is 1010. The number of aliphatic hydroxyl groups is 2. The Hall–Kier alpha value is -2.75. The van der Waals surface area contributed by atoms with Crippen molar-refractivity contribution in [3.05, 3.63) is 42.5 Å². The second kappa shape index (κ2) is 8.17. The molecule has 30 heavy (non-hydrogen) atoms. The summed E-state index contributed by atoms with van der Waals surface area (Å²) >= 11 is 0. The normalized spacial score (nSPS) is 22.7. The fraction of sp³-hybridized carbons (Fsp3) is 0.476. The number of nitrogens with zero attached hydrogens (tertiary/aromatic N) is 4. The Morgan fingerprint density at radius 3 is 2.63 bits per heavy atom. The van der Waals surface area contributed by atoms with E-state index in [1.165, 1.54) is 6.33 Å². The predicted molar refractivity (Wildman–Crippen MR) is 111 cm³/mol. The van der Waals surface area contributed by atoms with Crippen molar-refractivity contribution >= 4 is 17.0 Å². The fourth-order valence-corrected chi connectivity index (χ4v) is 4.06. The van der Waals surface area contributed by atoms with Gasteiger partial charge >= 0.3 is 0 Å². The van der Waals surface area contributed by atoms with Crippen LogP contribution in [0.1, 0.15) is 24.9 Å². The van der Waals surface area contributed by atoms with Crippen molar-refractivity contribution in [3.8, 4) is 5.75 Å². The largest absolute Gasteiger partial charge is 0.497 e. The predicted octanol–water partition coefficient (Wildman–Crippen LogP) is 1.55. The van der Waals surface area contributed by atoms with E-state index in [1.54, 1.807) is 13.4 Å². The minimum absolute atomic E-state index is 0.0640. The molecule has 0 amide bonds. The lowest BCUT2D eigenvalue weighted by Gasteiger charge is -2.29. The zero-order chi connectivity index (χ0) is 21.3. The van der Waals surface area contributed by atoms with E-state index in [0.29, 0.717) is 23.6 Å². The molecule has 2 heterocycles. The van der Waals surface area contributed by atoms with Crippen LogP contribution in [0.2, 0.25) is 0 Å². The number of hydrogen-bond acceptors (Lipinski definition) is 8. The maximum Gasteiger partial charge on any atom is 0.165 e. The van der Waals surface area contributed by atoms with Crippen LogP contribution in [0.25, 0.3) is 11.2 Å². The highest BCUT2D eigenvalue weighted by Crippen LogP contribution is 2.58. The van der Waals surface area contributed by atoms with Gasteiger partial charge in [-0.25, -0.2) is 15.0 Å². The molecular formula is C21H27N5O4. The smallest absolute Gasteiger partial charge is 0.165 e. The van der Waals surface area contributed by atoms with Gasteiger partial charge in [0.15, 0.2) is 11.5 Å². The molecule has 0 spiro atoms. The van der Waals surface area contributed by atoms with Crippen molar-refractivity contribution in [2.75, 3.05) is 26.1 Å². The van der Waals surface area contributed by atoms with Crippen LogP contribution >= 0.6 is 0 Å². The number of nitrogens with two attached hydrogens (primary N) is 1. The average Bonchev–Trinajstić information content (AvgIpc) is 3.25. The first-order valence-corrected chi connectivity index (χ1v) is 9.90. The van der Waals surface area contributed by atoms with Gasteiger partial charge in [0.25, 0.3) is 0 Å². The standard InChI is InChI=1S/C21H27N5O4/c1-21(10-28)7-15(21)18(26-12-25-17-19(22)23-11-24-20(17)26)16(8-27)30-9-13-3-5-14(29-2)6-4-13/h3-6,11-12,15-16,18,27-28H,7-10H2,1-2H3,(H2,22,23,24)/t15?,16?,18-,21-/m1/s1. The third-order valence-corrected chi connectivity index (χ3v) is 6.09. The highest BCUT2D eigenvalue weighted by molar-refractivity contribution is 5.81. The molecule has 0 bridgehead atoms. The van der Waals surface area contributed by atoms with Crippen LogP contribution in [0.15, 0.2) is 36.9 Å². The third kappa shape index (κ3) is 3.71. The third-order valence-electron chi connectivity index (χ3n) is 6.09. The van der Waals surface area contributed by atoms with E-state index in [-0.39, 0.29) is 30.6 Å². The van der Waals surface area contributed by atoms with Crippen molar-refractivity contribution in [1.82, 2.24) is 19.5 Å². The van der Waals surface area contributed by atoms with Gasteiger partial charge in [-0.2, -0.15) is 0 Å². The zero-order valence-electron chi connectivity index (χ0n) is 17.1. The molecule has 0 saturated heterocycles. The summed E-state index contributed by atoms with van der Waals surface area (Å²) in [7, 11) is 1.62. The van der Waals surface area contributed by atoms with Gasteiger partial charge in [-0.3, -0.25) is 0 Å². The Balaban J connectivity index is 1.63. The van der Waals surface area contributed by atoms with Gasteiger partial charge in [0.2, 0.25) is 0 Å². The van der Waals surface area contributed by atoms with Gasteiger partial charge < -0.3 is 30.0 Å². The van der Waals surface area contributed by atoms with Crippen LogP contribution in [0.4, 0.5) is 5.82 Å². The molecule has 1 aliphatic carbocycles. The first-order chi connectivity index (χ1) is 14.5. The van der Waals surface area contributed by atoms with Crippen molar-refractivity contribution in [1.29, 1.82) is 0 Å². The number of methoxy groups -OCH3 is 1. The maximum atomic E-state index is 10.2. The SMILES string of the molecule is COc1ccc(COC(CO)[C@@H](C2C[C@]2(C)CO)n2cnc3c(N)ncnc32)cc1. The van der Waals surface area contributed by atoms with E-state index in [2.05, 4.69) is 15.0 Å². The quantitative estimate of drug-likeness (QED) is 0.482. The highest BCUT2D eigenvalue weighted by Gasteiger charge is 2.56. The molecular weight excluding hydrogens is 386 g/mol. The summed E-state index contributed by atoms with van der Waals surface area (Å²) in [6.45, 7) is 2.25. The molecule has 1 saturated carbocycles. The Labute approximate surface area is 174 Å². The first kappa shape index (κ1) is 20.5. The molecule has 9 heteroatoms. The number of rotatable bonds is 9. The van der Waals surface area contributed by atoms with E-state index in [9.17, 15) is 10.2 Å². The molecule has 0 radical (unpaired) electrons. The van der Waals surface area contributed by atoms with Crippen LogP contribution in [0.5, 0.6) is 5.75 Å². The monoisotopic (exact) mass is 413 g/mol. The van der Waals surface area contributed by atoms with Crippen molar-refractivity contribution < 1.29 is 19.7 Å². The number of imidazole rings is 1. The number of ether oxygens (including phenoxy) is 2. The second-order valence-corrected chi connectivity index (χ2v) is 8.08. The second-order valence-electron chi connectivity index (χ2n) is 8.08. The minimum Gasteiger partial charge on any atom is -0.497 e. The lowest BCUT2D eigenvalue weighted by Crippen LogP contribution is -2.33. The maximum absolute atomic E-state index is 10.2. The molecule has 4 rings (SSSR count). The lowest BCUT2D eigenvalue weighted by atomic mass is 9.98. The van der Waals surface area contributed by atoms with Crippen molar-refractivity contribution in [2.45, 2.75) is 32.1 Å². The zero-order valence-corrected chi connectivity index (χ0v) is 17.1. The molecule has 0 aliphatic heterocycles. The van der Waals surface area contributed by atoms with E-state index in [4.69, 9.17) is 15.2 Å². The molecule has 1 fully saturated rings. The van der Waals surface area contributed by atoms with Gasteiger partial charge in [0, 0.05) is 6.61 Å². The van der Waals surface area contributed by atoms with Crippen molar-refractivity contribution in [2.24, 2.45) is 11.3 Å². The molecule has 2 unspecified atom stereocenters. The number of nitrogen functional groups attached to an aromatic ring is 1. The molecule has 1 aliphatic rings. The Morgan fingerprint density at radius 2 is 2.00 bits per heavy atom. The van der Waals surface area contributed by atoms with Crippen molar-refractivity contribution in [3.63, 3.8) is 0 Å². The average molecular weight is 413 g/mol. The summed E-state index contributed by atoms with van der Waals surface area (Å²) in [5, 5.41) is 20.1. The summed E-state index contributed by atoms with van der Waals surface area (Å²) in [5.41, 5.74) is 7.78. The topological polar surface area (TPSA) is 129 Å². The number of hydrogen-bond donors (Lipinski definition) is 3. The number of aliphatic hydroxyl groups excluding tert-OH is 2. The number of anilines is 1. The highest BCUT2D eigenvalue weighted by atomic mass is 16.5. The molecule has 1 aromatic carbocycles. The van der Waals surface area contributed by atoms with Gasteiger partial charge in [0.1, 0.15) is 23.7 Å². The Morgan fingerprint density at radius 1 is 1.23 bits per heavy atom. The first-order valence-electron chi connectivity index (χ1n) is 9.90. The molecule has 4 N–H and O–H groups in total. The fourth-order valence-electron chi connectivity index (χ4n) is 4.06. The van der Waals surface area contributed by atoms with E-state index in [1.807, 2.05) is 35.8 Å². The molecule has 160 valence electrons. The summed E-state index contributed by atoms with van der Waals surface area (Å²) in [6, 6.07) is 7.34. The molecule has 2 aromatic heterocycles. The van der Waals surface area contributed by atoms with Crippen LogP contribution in [0.3, 0.4) is 0 Å².